The Hall–Kier alpha value is -3.49. The zero-order valence-electron chi connectivity index (χ0n) is 13.8. The van der Waals surface area contributed by atoms with E-state index < -0.39 is 35.1 Å². The Labute approximate surface area is 147 Å². The number of esters is 1. The number of amides is 1. The number of rotatable bonds is 7. The number of hydrogen-bond donors (Lipinski definition) is 0. The van der Waals surface area contributed by atoms with Gasteiger partial charge in [0.15, 0.2) is 6.61 Å². The number of likely N-dealkylation sites (N-methyl/N-ethyl adjacent to an activating group) is 1. The fourth-order valence-corrected chi connectivity index (χ4v) is 2.06. The molecule has 0 atom stereocenters. The van der Waals surface area contributed by atoms with E-state index in [1.54, 1.807) is 6.92 Å². The quantitative estimate of drug-likeness (QED) is 0.325. The summed E-state index contributed by atoms with van der Waals surface area (Å²) in [7, 11) is 0. The van der Waals surface area contributed by atoms with E-state index in [0.717, 1.165) is 12.1 Å². The molecule has 0 N–H and O–H groups in total. The van der Waals surface area contributed by atoms with Crippen molar-refractivity contribution in [2.75, 3.05) is 18.1 Å². The number of nitrogens with zero attached hydrogens (tertiary/aromatic N) is 2. The first-order valence-electron chi connectivity index (χ1n) is 7.55. The zero-order valence-corrected chi connectivity index (χ0v) is 13.8. The van der Waals surface area contributed by atoms with Crippen LogP contribution in [0.4, 0.5) is 16.0 Å². The largest absolute Gasteiger partial charge is 0.452 e. The van der Waals surface area contributed by atoms with E-state index in [1.807, 2.05) is 0 Å². The highest BCUT2D eigenvalue weighted by atomic mass is 19.1. The lowest BCUT2D eigenvalue weighted by molar-refractivity contribution is -0.402. The molecule has 2 aromatic rings. The predicted molar refractivity (Wildman–Crippen MR) is 89.8 cm³/mol. The summed E-state index contributed by atoms with van der Waals surface area (Å²) in [5, 5.41) is 10.5. The summed E-state index contributed by atoms with van der Waals surface area (Å²) in [4.78, 5) is 34.9. The molecule has 0 aliphatic heterocycles. The molecule has 1 aromatic carbocycles. The highest BCUT2D eigenvalue weighted by Gasteiger charge is 2.16. The third kappa shape index (κ3) is 5.00. The second-order valence-electron chi connectivity index (χ2n) is 4.99. The Balaban J connectivity index is 1.90. The highest BCUT2D eigenvalue weighted by molar-refractivity contribution is 5.96. The molecule has 2 rings (SSSR count). The van der Waals surface area contributed by atoms with Crippen molar-refractivity contribution in [1.29, 1.82) is 0 Å². The predicted octanol–water partition coefficient (Wildman–Crippen LogP) is 2.94. The number of halogens is 1. The summed E-state index contributed by atoms with van der Waals surface area (Å²) in [5.74, 6) is -2.07. The van der Waals surface area contributed by atoms with Crippen molar-refractivity contribution < 1.29 is 28.1 Å². The Morgan fingerprint density at radius 2 is 1.96 bits per heavy atom. The van der Waals surface area contributed by atoms with Crippen LogP contribution in [0.25, 0.3) is 6.08 Å². The van der Waals surface area contributed by atoms with Crippen LogP contribution in [0.3, 0.4) is 0 Å². The van der Waals surface area contributed by atoms with Gasteiger partial charge in [-0.1, -0.05) is 0 Å². The molecule has 1 heterocycles. The third-order valence-electron chi connectivity index (χ3n) is 3.27. The topological polar surface area (TPSA) is 103 Å². The third-order valence-corrected chi connectivity index (χ3v) is 3.27. The van der Waals surface area contributed by atoms with E-state index in [1.165, 1.54) is 41.3 Å². The van der Waals surface area contributed by atoms with Crippen LogP contribution >= 0.6 is 0 Å². The molecule has 0 fully saturated rings. The van der Waals surface area contributed by atoms with Crippen LogP contribution in [0.15, 0.2) is 46.9 Å². The van der Waals surface area contributed by atoms with Gasteiger partial charge in [0.2, 0.25) is 0 Å². The fourth-order valence-electron chi connectivity index (χ4n) is 2.06. The van der Waals surface area contributed by atoms with Crippen molar-refractivity contribution in [3.05, 3.63) is 64.2 Å². The average molecular weight is 362 g/mol. The normalized spacial score (nSPS) is 10.7. The Morgan fingerprint density at radius 1 is 1.27 bits per heavy atom. The average Bonchev–Trinajstić information content (AvgIpc) is 3.10. The monoisotopic (exact) mass is 362 g/mol. The van der Waals surface area contributed by atoms with Gasteiger partial charge in [0.1, 0.15) is 16.5 Å². The molecule has 0 bridgehead atoms. The van der Waals surface area contributed by atoms with Crippen molar-refractivity contribution in [2.45, 2.75) is 6.92 Å². The minimum absolute atomic E-state index is 0.0986. The number of ether oxygens (including phenoxy) is 1. The van der Waals surface area contributed by atoms with Gasteiger partial charge in [0, 0.05) is 18.3 Å². The maximum absolute atomic E-state index is 13.0. The fraction of sp³-hybridized carbons (Fsp3) is 0.176. The second kappa shape index (κ2) is 8.56. The first-order chi connectivity index (χ1) is 12.4. The van der Waals surface area contributed by atoms with E-state index in [0.29, 0.717) is 12.2 Å². The van der Waals surface area contributed by atoms with Crippen LogP contribution in [-0.4, -0.2) is 30.0 Å². The number of nitro groups is 1. The lowest BCUT2D eigenvalue weighted by atomic mass is 10.2. The van der Waals surface area contributed by atoms with Gasteiger partial charge in [-0.2, -0.15) is 0 Å². The first kappa shape index (κ1) is 18.8. The number of benzene rings is 1. The molecule has 0 aliphatic carbocycles. The Bertz CT molecular complexity index is 828. The summed E-state index contributed by atoms with van der Waals surface area (Å²) >= 11 is 0. The van der Waals surface area contributed by atoms with Crippen LogP contribution in [-0.2, 0) is 14.3 Å². The lowest BCUT2D eigenvalue weighted by Crippen LogP contribution is -2.34. The van der Waals surface area contributed by atoms with Gasteiger partial charge in [0.25, 0.3) is 5.91 Å². The molecule has 9 heteroatoms. The lowest BCUT2D eigenvalue weighted by Gasteiger charge is -2.20. The van der Waals surface area contributed by atoms with E-state index >= 15 is 0 Å². The molecular weight excluding hydrogens is 347 g/mol. The number of anilines is 1. The molecule has 0 spiro atoms. The summed E-state index contributed by atoms with van der Waals surface area (Å²) < 4.78 is 22.6. The number of hydrogen-bond acceptors (Lipinski definition) is 6. The molecule has 0 aliphatic rings. The summed E-state index contributed by atoms with van der Waals surface area (Å²) in [6, 6.07) is 7.81. The summed E-state index contributed by atoms with van der Waals surface area (Å²) in [6.07, 6.45) is 2.18. The molecule has 0 saturated carbocycles. The molecular formula is C17H15FN2O6. The van der Waals surface area contributed by atoms with Gasteiger partial charge in [-0.15, -0.1) is 0 Å². The maximum Gasteiger partial charge on any atom is 0.433 e. The van der Waals surface area contributed by atoms with Crippen LogP contribution in [0.1, 0.15) is 12.7 Å². The van der Waals surface area contributed by atoms with Crippen LogP contribution < -0.4 is 4.90 Å². The van der Waals surface area contributed by atoms with Crippen molar-refractivity contribution in [2.24, 2.45) is 0 Å². The Kier molecular flexibility index (Phi) is 6.20. The molecule has 26 heavy (non-hydrogen) atoms. The minimum Gasteiger partial charge on any atom is -0.452 e. The van der Waals surface area contributed by atoms with E-state index in [2.05, 4.69) is 0 Å². The maximum atomic E-state index is 13.0. The van der Waals surface area contributed by atoms with Gasteiger partial charge in [-0.25, -0.2) is 9.18 Å². The van der Waals surface area contributed by atoms with E-state index in [9.17, 15) is 24.1 Å². The van der Waals surface area contributed by atoms with Crippen molar-refractivity contribution in [1.82, 2.24) is 0 Å². The number of carbonyl (C=O) groups is 2. The van der Waals surface area contributed by atoms with Gasteiger partial charge in [-0.3, -0.25) is 14.9 Å². The van der Waals surface area contributed by atoms with Gasteiger partial charge in [0.05, 0.1) is 6.07 Å². The van der Waals surface area contributed by atoms with Crippen LogP contribution in [0.5, 0.6) is 0 Å². The first-order valence-corrected chi connectivity index (χ1v) is 7.55. The van der Waals surface area contributed by atoms with E-state index in [4.69, 9.17) is 9.15 Å². The zero-order chi connectivity index (χ0) is 19.1. The van der Waals surface area contributed by atoms with Crippen LogP contribution in [0, 0.1) is 15.9 Å². The highest BCUT2D eigenvalue weighted by Crippen LogP contribution is 2.17. The molecule has 0 radical (unpaired) electrons. The van der Waals surface area contributed by atoms with Crippen molar-refractivity contribution >= 4 is 29.5 Å². The molecule has 1 amide bonds. The van der Waals surface area contributed by atoms with Crippen LogP contribution in [0.2, 0.25) is 0 Å². The minimum atomic E-state index is -0.812. The summed E-state index contributed by atoms with van der Waals surface area (Å²) in [6.45, 7) is 1.54. The SMILES string of the molecule is CCN(C(=O)COC(=O)/C=C/c1ccc([N+](=O)[O-])o1)c1ccc(F)cc1. The smallest absolute Gasteiger partial charge is 0.433 e. The summed E-state index contributed by atoms with van der Waals surface area (Å²) in [5.41, 5.74) is 0.480. The van der Waals surface area contributed by atoms with Crippen molar-refractivity contribution in [3.63, 3.8) is 0 Å². The standard InChI is InChI=1S/C17H15FN2O6/c1-2-19(13-5-3-12(18)4-6-13)15(21)11-25-17(22)10-8-14-7-9-16(26-14)20(23)24/h3-10H,2,11H2,1H3/b10-8+. The van der Waals surface area contributed by atoms with E-state index in [-0.39, 0.29) is 5.76 Å². The molecule has 1 aromatic heterocycles. The second-order valence-corrected chi connectivity index (χ2v) is 4.99. The molecule has 0 unspecified atom stereocenters. The molecule has 136 valence electrons. The Morgan fingerprint density at radius 3 is 2.54 bits per heavy atom. The molecule has 0 saturated heterocycles. The molecule has 8 nitrogen and oxygen atoms in total. The number of carbonyl (C=O) groups excluding carboxylic acids is 2. The van der Waals surface area contributed by atoms with Gasteiger partial charge < -0.3 is 14.1 Å². The van der Waals surface area contributed by atoms with Gasteiger partial charge in [-0.05, 0) is 43.3 Å². The number of furan rings is 1. The van der Waals surface area contributed by atoms with Crippen molar-refractivity contribution in [3.8, 4) is 0 Å². The van der Waals surface area contributed by atoms with Gasteiger partial charge >= 0.3 is 11.9 Å².